The third-order valence-electron chi connectivity index (χ3n) is 3.15. The summed E-state index contributed by atoms with van der Waals surface area (Å²) < 4.78 is 27.5. The third kappa shape index (κ3) is 3.93. The van der Waals surface area contributed by atoms with Crippen LogP contribution in [0.15, 0.2) is 0 Å². The Morgan fingerprint density at radius 2 is 2.24 bits per heavy atom. The molecule has 1 rings (SSSR count). The maximum absolute atomic E-state index is 11.8. The van der Waals surface area contributed by atoms with Crippen LogP contribution in [0.4, 0.5) is 0 Å². The highest BCUT2D eigenvalue weighted by Crippen LogP contribution is 2.19. The van der Waals surface area contributed by atoms with Crippen LogP contribution >= 0.6 is 0 Å². The van der Waals surface area contributed by atoms with Crippen LogP contribution in [0.1, 0.15) is 33.1 Å². The maximum atomic E-state index is 11.8. The number of nitrogens with zero attached hydrogens (tertiary/aromatic N) is 1. The molecule has 7 heteroatoms. The van der Waals surface area contributed by atoms with Gasteiger partial charge in [-0.3, -0.25) is 4.79 Å². The molecule has 1 aliphatic rings. The van der Waals surface area contributed by atoms with Crippen LogP contribution in [0.5, 0.6) is 0 Å². The fourth-order valence-electron chi connectivity index (χ4n) is 1.86. The standard InChI is InChI=1S/C10H20N2O4S/c1-3-8(2)12-7-9(4-5-10(13)14)6-11-17(12,15)16/h8-9,11H,3-7H2,1-2H3,(H,13,14). The first-order chi connectivity index (χ1) is 7.86. The van der Waals surface area contributed by atoms with Gasteiger partial charge in [0.1, 0.15) is 0 Å². The van der Waals surface area contributed by atoms with Crippen LogP contribution in [-0.2, 0) is 15.0 Å². The van der Waals surface area contributed by atoms with Crippen LogP contribution in [0.3, 0.4) is 0 Å². The first kappa shape index (κ1) is 14.4. The van der Waals surface area contributed by atoms with Crippen molar-refractivity contribution in [2.24, 2.45) is 5.92 Å². The summed E-state index contributed by atoms with van der Waals surface area (Å²) in [6.45, 7) is 4.54. The lowest BCUT2D eigenvalue weighted by atomic mass is 10.0. The molecule has 100 valence electrons. The van der Waals surface area contributed by atoms with E-state index in [4.69, 9.17) is 5.11 Å². The predicted molar refractivity (Wildman–Crippen MR) is 63.7 cm³/mol. The zero-order valence-corrected chi connectivity index (χ0v) is 11.0. The highest BCUT2D eigenvalue weighted by atomic mass is 32.2. The van der Waals surface area contributed by atoms with E-state index in [2.05, 4.69) is 4.72 Å². The normalized spacial score (nSPS) is 26.6. The highest BCUT2D eigenvalue weighted by molar-refractivity contribution is 7.87. The van der Waals surface area contributed by atoms with Gasteiger partial charge in [0.2, 0.25) is 0 Å². The summed E-state index contributed by atoms with van der Waals surface area (Å²) in [6.07, 6.45) is 1.33. The fraction of sp³-hybridized carbons (Fsp3) is 0.900. The Labute approximate surface area is 102 Å². The molecule has 1 saturated heterocycles. The van der Waals surface area contributed by atoms with Gasteiger partial charge >= 0.3 is 5.97 Å². The van der Waals surface area contributed by atoms with Gasteiger partial charge in [-0.25, -0.2) is 4.72 Å². The number of aliphatic carboxylic acids is 1. The van der Waals surface area contributed by atoms with E-state index in [-0.39, 0.29) is 18.4 Å². The van der Waals surface area contributed by atoms with Gasteiger partial charge in [-0.05, 0) is 25.7 Å². The second-order valence-electron chi connectivity index (χ2n) is 4.48. The van der Waals surface area contributed by atoms with E-state index in [9.17, 15) is 13.2 Å². The quantitative estimate of drug-likeness (QED) is 0.753. The van der Waals surface area contributed by atoms with E-state index in [0.717, 1.165) is 6.42 Å². The molecule has 0 saturated carbocycles. The molecule has 2 N–H and O–H groups in total. The van der Waals surface area contributed by atoms with Crippen molar-refractivity contribution in [2.45, 2.75) is 39.2 Å². The molecule has 0 bridgehead atoms. The Morgan fingerprint density at radius 3 is 2.76 bits per heavy atom. The van der Waals surface area contributed by atoms with Gasteiger partial charge < -0.3 is 5.11 Å². The van der Waals surface area contributed by atoms with E-state index < -0.39 is 16.2 Å². The lowest BCUT2D eigenvalue weighted by molar-refractivity contribution is -0.137. The van der Waals surface area contributed by atoms with Crippen molar-refractivity contribution in [2.75, 3.05) is 13.1 Å². The average molecular weight is 264 g/mol. The molecule has 0 spiro atoms. The molecular weight excluding hydrogens is 244 g/mol. The van der Waals surface area contributed by atoms with Crippen molar-refractivity contribution in [3.05, 3.63) is 0 Å². The van der Waals surface area contributed by atoms with Gasteiger partial charge in [0.15, 0.2) is 0 Å². The molecular formula is C10H20N2O4S. The Kier molecular flexibility index (Phi) is 4.91. The average Bonchev–Trinajstić information content (AvgIpc) is 2.26. The van der Waals surface area contributed by atoms with E-state index in [1.54, 1.807) is 0 Å². The number of rotatable bonds is 5. The van der Waals surface area contributed by atoms with Crippen molar-refractivity contribution in [3.63, 3.8) is 0 Å². The summed E-state index contributed by atoms with van der Waals surface area (Å²) >= 11 is 0. The van der Waals surface area contributed by atoms with Gasteiger partial charge in [-0.2, -0.15) is 12.7 Å². The summed E-state index contributed by atoms with van der Waals surface area (Å²) in [6, 6.07) is -0.0554. The molecule has 0 aromatic carbocycles. The molecule has 1 aliphatic heterocycles. The second-order valence-corrected chi connectivity index (χ2v) is 6.19. The van der Waals surface area contributed by atoms with Crippen molar-refractivity contribution < 1.29 is 18.3 Å². The summed E-state index contributed by atoms with van der Waals surface area (Å²) in [4.78, 5) is 10.5. The van der Waals surface area contributed by atoms with Crippen LogP contribution in [-0.4, -0.2) is 42.9 Å². The first-order valence-corrected chi connectivity index (χ1v) is 7.29. The number of carbonyl (C=O) groups is 1. The summed E-state index contributed by atoms with van der Waals surface area (Å²) in [5, 5.41) is 8.62. The Hall–Kier alpha value is -0.660. The Morgan fingerprint density at radius 1 is 1.59 bits per heavy atom. The highest BCUT2D eigenvalue weighted by Gasteiger charge is 2.33. The zero-order valence-electron chi connectivity index (χ0n) is 10.2. The van der Waals surface area contributed by atoms with E-state index >= 15 is 0 Å². The molecule has 17 heavy (non-hydrogen) atoms. The number of hydrogen-bond donors (Lipinski definition) is 2. The number of carboxylic acid groups (broad SMARTS) is 1. The number of hydrogen-bond acceptors (Lipinski definition) is 3. The van der Waals surface area contributed by atoms with Gasteiger partial charge in [0.25, 0.3) is 10.2 Å². The minimum atomic E-state index is -3.37. The molecule has 0 aliphatic carbocycles. The number of carboxylic acids is 1. The molecule has 0 aromatic heterocycles. The van der Waals surface area contributed by atoms with Crippen molar-refractivity contribution in [1.29, 1.82) is 0 Å². The molecule has 0 amide bonds. The lowest BCUT2D eigenvalue weighted by Gasteiger charge is -2.35. The van der Waals surface area contributed by atoms with Gasteiger partial charge in [-0.15, -0.1) is 0 Å². The first-order valence-electron chi connectivity index (χ1n) is 5.85. The van der Waals surface area contributed by atoms with Crippen LogP contribution in [0, 0.1) is 5.92 Å². The second kappa shape index (κ2) is 5.79. The molecule has 6 nitrogen and oxygen atoms in total. The lowest BCUT2D eigenvalue weighted by Crippen LogP contribution is -2.54. The summed E-state index contributed by atoms with van der Waals surface area (Å²) in [5.74, 6) is -0.767. The maximum Gasteiger partial charge on any atom is 0.303 e. The molecule has 2 atom stereocenters. The SMILES string of the molecule is CCC(C)N1CC(CCC(=O)O)CNS1(=O)=O. The smallest absolute Gasteiger partial charge is 0.303 e. The topological polar surface area (TPSA) is 86.7 Å². The van der Waals surface area contributed by atoms with Crippen LogP contribution in [0.2, 0.25) is 0 Å². The number of nitrogens with one attached hydrogen (secondary N) is 1. The van der Waals surface area contributed by atoms with E-state index in [1.807, 2.05) is 13.8 Å². The predicted octanol–water partition coefficient (Wildman–Crippen LogP) is 0.416. The molecule has 1 fully saturated rings. The van der Waals surface area contributed by atoms with Gasteiger partial charge in [0, 0.05) is 25.6 Å². The third-order valence-corrected chi connectivity index (χ3v) is 4.81. The molecule has 1 heterocycles. The van der Waals surface area contributed by atoms with Crippen LogP contribution < -0.4 is 4.72 Å². The Bertz CT molecular complexity index is 369. The molecule has 0 aromatic rings. The minimum absolute atomic E-state index is 0.0554. The molecule has 0 radical (unpaired) electrons. The molecule has 2 unspecified atom stereocenters. The van der Waals surface area contributed by atoms with E-state index in [0.29, 0.717) is 19.5 Å². The zero-order chi connectivity index (χ0) is 13.1. The fourth-order valence-corrected chi connectivity index (χ4v) is 3.51. The minimum Gasteiger partial charge on any atom is -0.481 e. The Balaban J connectivity index is 2.63. The van der Waals surface area contributed by atoms with Crippen molar-refractivity contribution >= 4 is 16.2 Å². The van der Waals surface area contributed by atoms with Crippen molar-refractivity contribution in [1.82, 2.24) is 9.03 Å². The summed E-state index contributed by atoms with van der Waals surface area (Å²) in [5.41, 5.74) is 0. The monoisotopic (exact) mass is 264 g/mol. The van der Waals surface area contributed by atoms with Crippen molar-refractivity contribution in [3.8, 4) is 0 Å². The van der Waals surface area contributed by atoms with Crippen LogP contribution in [0.25, 0.3) is 0 Å². The van der Waals surface area contributed by atoms with Gasteiger partial charge in [0.05, 0.1) is 0 Å². The van der Waals surface area contributed by atoms with Gasteiger partial charge in [-0.1, -0.05) is 6.92 Å². The largest absolute Gasteiger partial charge is 0.481 e. The summed E-state index contributed by atoms with van der Waals surface area (Å²) in [7, 11) is -3.37. The van der Waals surface area contributed by atoms with E-state index in [1.165, 1.54) is 4.31 Å².